The van der Waals surface area contributed by atoms with E-state index in [-0.39, 0.29) is 23.5 Å². The number of halogens is 1. The summed E-state index contributed by atoms with van der Waals surface area (Å²) in [5.74, 6) is 0.413. The molecule has 3 aromatic carbocycles. The van der Waals surface area contributed by atoms with Gasteiger partial charge >= 0.3 is 0 Å². The number of benzene rings is 3. The molecule has 7 heteroatoms. The van der Waals surface area contributed by atoms with Crippen LogP contribution in [0.4, 0.5) is 4.39 Å². The highest BCUT2D eigenvalue weighted by atomic mass is 32.2. The third-order valence-electron chi connectivity index (χ3n) is 5.11. The van der Waals surface area contributed by atoms with Crippen LogP contribution in [0, 0.1) is 5.82 Å². The molecule has 0 aliphatic heterocycles. The molecule has 1 unspecified atom stereocenters. The summed E-state index contributed by atoms with van der Waals surface area (Å²) in [7, 11) is 0. The Labute approximate surface area is 190 Å². The highest BCUT2D eigenvalue weighted by Gasteiger charge is 2.16. The molecule has 1 N–H and O–H groups in total. The van der Waals surface area contributed by atoms with Gasteiger partial charge in [-0.1, -0.05) is 54.2 Å². The maximum Gasteiger partial charge on any atom is 0.230 e. The van der Waals surface area contributed by atoms with Crippen LogP contribution in [0.2, 0.25) is 0 Å². The number of hydrogen-bond acceptors (Lipinski definition) is 4. The number of hydrogen-bond donors (Lipinski definition) is 1. The molecule has 1 heterocycles. The van der Waals surface area contributed by atoms with E-state index in [0.29, 0.717) is 17.5 Å². The Morgan fingerprint density at radius 2 is 1.88 bits per heavy atom. The van der Waals surface area contributed by atoms with Gasteiger partial charge in [0.15, 0.2) is 11.0 Å². The molecule has 4 rings (SSSR count). The molecule has 0 saturated heterocycles. The second-order valence-corrected chi connectivity index (χ2v) is 8.34. The summed E-state index contributed by atoms with van der Waals surface area (Å²) in [6.07, 6.45) is 1.74. The summed E-state index contributed by atoms with van der Waals surface area (Å²) < 4.78 is 15.1. The molecule has 1 amide bonds. The number of thioether (sulfide) groups is 1. The first-order valence-corrected chi connectivity index (χ1v) is 11.2. The molecule has 0 bridgehead atoms. The quantitative estimate of drug-likeness (QED) is 0.291. The number of nitrogens with one attached hydrogen (secondary N) is 1. The lowest BCUT2D eigenvalue weighted by atomic mass is 10.0. The lowest BCUT2D eigenvalue weighted by Gasteiger charge is -2.15. The molecule has 0 radical (unpaired) electrons. The summed E-state index contributed by atoms with van der Waals surface area (Å²) in [4.78, 5) is 12.6. The smallest absolute Gasteiger partial charge is 0.230 e. The zero-order valence-electron chi connectivity index (χ0n) is 17.7. The topological polar surface area (TPSA) is 59.8 Å². The molecule has 0 aliphatic rings. The summed E-state index contributed by atoms with van der Waals surface area (Å²) in [6.45, 7) is 6.25. The van der Waals surface area contributed by atoms with Gasteiger partial charge in [-0.3, -0.25) is 9.36 Å². The largest absolute Gasteiger partial charge is 0.349 e. The maximum absolute atomic E-state index is 13.3. The predicted molar refractivity (Wildman–Crippen MR) is 127 cm³/mol. The molecule has 0 spiro atoms. The molecule has 0 saturated carbocycles. The third kappa shape index (κ3) is 4.89. The van der Waals surface area contributed by atoms with Crippen LogP contribution in [-0.4, -0.2) is 26.4 Å². The van der Waals surface area contributed by atoms with E-state index < -0.39 is 0 Å². The molecule has 0 aliphatic carbocycles. The van der Waals surface area contributed by atoms with Crippen molar-refractivity contribution in [2.24, 2.45) is 0 Å². The van der Waals surface area contributed by atoms with Gasteiger partial charge in [-0.05, 0) is 53.6 Å². The first kappa shape index (κ1) is 21.8. The normalized spacial score (nSPS) is 11.9. The van der Waals surface area contributed by atoms with Crippen molar-refractivity contribution in [3.8, 4) is 11.4 Å². The highest BCUT2D eigenvalue weighted by molar-refractivity contribution is 7.99. The van der Waals surface area contributed by atoms with Crippen molar-refractivity contribution in [3.63, 3.8) is 0 Å². The van der Waals surface area contributed by atoms with E-state index in [2.05, 4.69) is 46.4 Å². The Morgan fingerprint density at radius 3 is 2.62 bits per heavy atom. The van der Waals surface area contributed by atoms with Crippen LogP contribution < -0.4 is 5.32 Å². The number of amides is 1. The minimum absolute atomic E-state index is 0.0906. The van der Waals surface area contributed by atoms with Crippen LogP contribution >= 0.6 is 11.8 Å². The minimum Gasteiger partial charge on any atom is -0.349 e. The van der Waals surface area contributed by atoms with E-state index in [1.807, 2.05) is 29.7 Å². The van der Waals surface area contributed by atoms with Gasteiger partial charge in [-0.15, -0.1) is 16.8 Å². The van der Waals surface area contributed by atoms with Gasteiger partial charge in [0.25, 0.3) is 0 Å². The van der Waals surface area contributed by atoms with Crippen molar-refractivity contribution >= 4 is 28.4 Å². The van der Waals surface area contributed by atoms with Gasteiger partial charge < -0.3 is 5.32 Å². The highest BCUT2D eigenvalue weighted by Crippen LogP contribution is 2.25. The summed E-state index contributed by atoms with van der Waals surface area (Å²) in [5.41, 5.74) is 1.80. The Morgan fingerprint density at radius 1 is 1.12 bits per heavy atom. The van der Waals surface area contributed by atoms with Crippen LogP contribution in [0.25, 0.3) is 22.2 Å². The zero-order valence-corrected chi connectivity index (χ0v) is 18.5. The zero-order chi connectivity index (χ0) is 22.5. The summed E-state index contributed by atoms with van der Waals surface area (Å²) in [6, 6.07) is 20.3. The monoisotopic (exact) mass is 446 g/mol. The average Bonchev–Trinajstić information content (AvgIpc) is 3.20. The van der Waals surface area contributed by atoms with Crippen LogP contribution in [0.3, 0.4) is 0 Å². The van der Waals surface area contributed by atoms with E-state index in [1.165, 1.54) is 29.3 Å². The van der Waals surface area contributed by atoms with E-state index in [1.54, 1.807) is 18.2 Å². The van der Waals surface area contributed by atoms with Gasteiger partial charge in [-0.25, -0.2) is 4.39 Å². The first-order valence-electron chi connectivity index (χ1n) is 10.3. The molecule has 0 fully saturated rings. The summed E-state index contributed by atoms with van der Waals surface area (Å²) >= 11 is 1.31. The van der Waals surface area contributed by atoms with Crippen molar-refractivity contribution in [1.82, 2.24) is 20.1 Å². The number of fused-ring (bicyclic) bond motifs is 1. The van der Waals surface area contributed by atoms with Crippen LogP contribution in [-0.2, 0) is 11.3 Å². The molecule has 1 aromatic heterocycles. The second kappa shape index (κ2) is 9.78. The molecular formula is C25H23FN4OS. The van der Waals surface area contributed by atoms with E-state index in [0.717, 1.165) is 16.5 Å². The fourth-order valence-corrected chi connectivity index (χ4v) is 4.23. The number of carbonyl (C=O) groups excluding carboxylic acids is 1. The number of carbonyl (C=O) groups is 1. The Hall–Kier alpha value is -3.45. The maximum atomic E-state index is 13.3. The van der Waals surface area contributed by atoms with Crippen molar-refractivity contribution in [3.05, 3.63) is 90.8 Å². The number of allylic oxidation sites excluding steroid dienone is 1. The average molecular weight is 447 g/mol. The van der Waals surface area contributed by atoms with Gasteiger partial charge in [-0.2, -0.15) is 0 Å². The molecule has 162 valence electrons. The van der Waals surface area contributed by atoms with Crippen molar-refractivity contribution in [1.29, 1.82) is 0 Å². The first-order chi connectivity index (χ1) is 15.5. The predicted octanol–water partition coefficient (Wildman–Crippen LogP) is 5.39. The van der Waals surface area contributed by atoms with Crippen LogP contribution in [0.1, 0.15) is 18.5 Å². The fourth-order valence-electron chi connectivity index (χ4n) is 3.48. The standard InChI is InChI=1S/C25H23FN4OS/c1-3-14-30-24(19-10-12-22(26)13-11-19)28-29-25(30)32-16-23(31)27-17(2)20-9-8-18-6-4-5-7-21(18)15-20/h3-13,15,17H,1,14,16H2,2H3,(H,27,31). The van der Waals surface area contributed by atoms with Gasteiger partial charge in [0.2, 0.25) is 5.91 Å². The minimum atomic E-state index is -0.310. The van der Waals surface area contributed by atoms with E-state index in [9.17, 15) is 9.18 Å². The van der Waals surface area contributed by atoms with Crippen LogP contribution in [0.15, 0.2) is 84.5 Å². The number of rotatable bonds is 8. The molecular weight excluding hydrogens is 423 g/mol. The molecule has 5 nitrogen and oxygen atoms in total. The van der Waals surface area contributed by atoms with Gasteiger partial charge in [0.05, 0.1) is 11.8 Å². The van der Waals surface area contributed by atoms with Crippen molar-refractivity contribution in [2.45, 2.75) is 24.7 Å². The number of aromatic nitrogens is 3. The molecule has 1 atom stereocenters. The third-order valence-corrected chi connectivity index (χ3v) is 6.08. The Balaban J connectivity index is 1.42. The van der Waals surface area contributed by atoms with Gasteiger partial charge in [0.1, 0.15) is 5.82 Å². The number of nitrogens with zero attached hydrogens (tertiary/aromatic N) is 3. The van der Waals surface area contributed by atoms with E-state index >= 15 is 0 Å². The molecule has 32 heavy (non-hydrogen) atoms. The Bertz CT molecular complexity index is 1250. The Kier molecular flexibility index (Phi) is 6.66. The lowest BCUT2D eigenvalue weighted by molar-refractivity contribution is -0.119. The lowest BCUT2D eigenvalue weighted by Crippen LogP contribution is -2.28. The van der Waals surface area contributed by atoms with Crippen molar-refractivity contribution in [2.75, 3.05) is 5.75 Å². The second-order valence-electron chi connectivity index (χ2n) is 7.40. The van der Waals surface area contributed by atoms with Crippen LogP contribution in [0.5, 0.6) is 0 Å². The fraction of sp³-hybridized carbons (Fsp3) is 0.160. The van der Waals surface area contributed by atoms with E-state index in [4.69, 9.17) is 0 Å². The van der Waals surface area contributed by atoms with Crippen molar-refractivity contribution < 1.29 is 9.18 Å². The molecule has 4 aromatic rings. The summed E-state index contributed by atoms with van der Waals surface area (Å²) in [5, 5.41) is 14.4. The van der Waals surface area contributed by atoms with Gasteiger partial charge in [0, 0.05) is 12.1 Å². The SMILES string of the molecule is C=CCn1c(SCC(=O)NC(C)c2ccc3ccccc3c2)nnc1-c1ccc(F)cc1.